The third kappa shape index (κ3) is 2.31. The van der Waals surface area contributed by atoms with Gasteiger partial charge in [0.1, 0.15) is 0 Å². The highest BCUT2D eigenvalue weighted by molar-refractivity contribution is 9.09. The van der Waals surface area contributed by atoms with E-state index in [1.54, 1.807) is 0 Å². The summed E-state index contributed by atoms with van der Waals surface area (Å²) in [5.74, 6) is 0.263. The molecule has 0 aromatic heterocycles. The normalized spacial score (nSPS) is 28.0. The lowest BCUT2D eigenvalue weighted by Gasteiger charge is -2.28. The number of halogens is 1. The molecule has 72 valence electrons. The molecule has 1 nitrogen and oxygen atoms in total. The van der Waals surface area contributed by atoms with Crippen molar-refractivity contribution in [1.82, 2.24) is 0 Å². The first kappa shape index (κ1) is 10.7. The van der Waals surface area contributed by atoms with E-state index in [0.29, 0.717) is 5.33 Å². The van der Waals surface area contributed by atoms with Crippen LogP contribution < -0.4 is 0 Å². The number of ketones is 1. The van der Waals surface area contributed by atoms with Gasteiger partial charge >= 0.3 is 0 Å². The standard InChI is InChI=1S/C11H15BrO/c1-8-4-9(2)6-11(3,5-8)10(13)7-12/h4-5H,6-7H2,1-3H3. The predicted octanol–water partition coefficient (Wildman–Crippen LogP) is 3.25. The van der Waals surface area contributed by atoms with E-state index in [1.807, 2.05) is 13.8 Å². The van der Waals surface area contributed by atoms with Gasteiger partial charge in [-0.1, -0.05) is 39.2 Å². The number of rotatable bonds is 2. The van der Waals surface area contributed by atoms with Crippen molar-refractivity contribution >= 4 is 21.7 Å². The summed E-state index contributed by atoms with van der Waals surface area (Å²) >= 11 is 3.23. The number of hydrogen-bond donors (Lipinski definition) is 0. The molecular formula is C11H15BrO. The Bertz CT molecular complexity index is 288. The number of alkyl halides is 1. The lowest BCUT2D eigenvalue weighted by Crippen LogP contribution is -2.28. The highest BCUT2D eigenvalue weighted by Crippen LogP contribution is 2.34. The molecule has 1 unspecified atom stereocenters. The summed E-state index contributed by atoms with van der Waals surface area (Å²) in [6, 6.07) is 0. The maximum Gasteiger partial charge on any atom is 0.153 e. The fraction of sp³-hybridized carbons (Fsp3) is 0.545. The molecule has 0 aromatic carbocycles. The van der Waals surface area contributed by atoms with Crippen LogP contribution >= 0.6 is 15.9 Å². The highest BCUT2D eigenvalue weighted by atomic mass is 79.9. The van der Waals surface area contributed by atoms with E-state index in [1.165, 1.54) is 11.1 Å². The van der Waals surface area contributed by atoms with Crippen molar-refractivity contribution in [3.05, 3.63) is 23.3 Å². The Labute approximate surface area is 88.0 Å². The predicted molar refractivity (Wildman–Crippen MR) is 59.0 cm³/mol. The molecule has 0 N–H and O–H groups in total. The fourth-order valence-electron chi connectivity index (χ4n) is 1.95. The summed E-state index contributed by atoms with van der Waals surface area (Å²) < 4.78 is 0. The van der Waals surface area contributed by atoms with Gasteiger partial charge in [-0.15, -0.1) is 0 Å². The minimum Gasteiger partial charge on any atom is -0.298 e. The van der Waals surface area contributed by atoms with E-state index in [2.05, 4.69) is 35.0 Å². The lowest BCUT2D eigenvalue weighted by molar-refractivity contribution is -0.122. The topological polar surface area (TPSA) is 17.1 Å². The molecule has 2 heteroatoms. The molecule has 1 atom stereocenters. The van der Waals surface area contributed by atoms with Gasteiger partial charge in [-0.05, 0) is 27.2 Å². The van der Waals surface area contributed by atoms with Crippen LogP contribution in [-0.4, -0.2) is 11.1 Å². The van der Waals surface area contributed by atoms with Crippen molar-refractivity contribution in [1.29, 1.82) is 0 Å². The molecule has 0 saturated heterocycles. The van der Waals surface area contributed by atoms with Gasteiger partial charge in [0.25, 0.3) is 0 Å². The second-order valence-electron chi connectivity index (χ2n) is 4.03. The van der Waals surface area contributed by atoms with Crippen LogP contribution in [0.15, 0.2) is 23.3 Å². The van der Waals surface area contributed by atoms with Crippen LogP contribution in [0.1, 0.15) is 27.2 Å². The first-order valence-corrected chi connectivity index (χ1v) is 5.56. The number of hydrogen-bond acceptors (Lipinski definition) is 1. The molecule has 0 heterocycles. The average molecular weight is 243 g/mol. The van der Waals surface area contributed by atoms with Crippen LogP contribution in [0.4, 0.5) is 0 Å². The second-order valence-corrected chi connectivity index (χ2v) is 4.59. The average Bonchev–Trinajstić information content (AvgIpc) is 2.00. The van der Waals surface area contributed by atoms with Crippen molar-refractivity contribution in [2.75, 3.05) is 5.33 Å². The summed E-state index contributed by atoms with van der Waals surface area (Å²) in [5, 5.41) is 0.445. The Morgan fingerprint density at radius 3 is 2.69 bits per heavy atom. The largest absolute Gasteiger partial charge is 0.298 e. The van der Waals surface area contributed by atoms with Crippen molar-refractivity contribution in [3.63, 3.8) is 0 Å². The Balaban J connectivity index is 2.96. The van der Waals surface area contributed by atoms with Crippen molar-refractivity contribution in [2.45, 2.75) is 27.2 Å². The minimum atomic E-state index is -0.285. The van der Waals surface area contributed by atoms with Crippen LogP contribution in [0.25, 0.3) is 0 Å². The zero-order chi connectivity index (χ0) is 10.1. The molecule has 0 amide bonds. The van der Waals surface area contributed by atoms with Crippen molar-refractivity contribution in [3.8, 4) is 0 Å². The SMILES string of the molecule is CC1=CC(C)(C(=O)CBr)CC(C)=C1. The van der Waals surface area contributed by atoms with Gasteiger partial charge < -0.3 is 0 Å². The van der Waals surface area contributed by atoms with Crippen LogP contribution in [0, 0.1) is 5.41 Å². The monoisotopic (exact) mass is 242 g/mol. The zero-order valence-electron chi connectivity index (χ0n) is 8.36. The van der Waals surface area contributed by atoms with Crippen LogP contribution in [0.3, 0.4) is 0 Å². The van der Waals surface area contributed by atoms with E-state index >= 15 is 0 Å². The van der Waals surface area contributed by atoms with E-state index in [4.69, 9.17) is 0 Å². The lowest BCUT2D eigenvalue weighted by atomic mass is 9.76. The molecule has 0 spiro atoms. The smallest absolute Gasteiger partial charge is 0.153 e. The quantitative estimate of drug-likeness (QED) is 0.680. The first-order valence-electron chi connectivity index (χ1n) is 4.44. The minimum absolute atomic E-state index is 0.263. The molecular weight excluding hydrogens is 228 g/mol. The maximum absolute atomic E-state index is 11.7. The maximum atomic E-state index is 11.7. The van der Waals surface area contributed by atoms with Crippen molar-refractivity contribution in [2.24, 2.45) is 5.41 Å². The third-order valence-corrected chi connectivity index (χ3v) is 2.93. The Morgan fingerprint density at radius 2 is 2.23 bits per heavy atom. The van der Waals surface area contributed by atoms with Crippen LogP contribution in [-0.2, 0) is 4.79 Å². The van der Waals surface area contributed by atoms with E-state index < -0.39 is 0 Å². The molecule has 0 saturated carbocycles. The molecule has 0 aliphatic heterocycles. The number of carbonyl (C=O) groups is 1. The number of Topliss-reactive ketones (excluding diaryl/α,β-unsaturated/α-hetero) is 1. The zero-order valence-corrected chi connectivity index (χ0v) is 9.94. The highest BCUT2D eigenvalue weighted by Gasteiger charge is 2.31. The van der Waals surface area contributed by atoms with Crippen LogP contribution in [0.2, 0.25) is 0 Å². The molecule has 0 fully saturated rings. The fourth-order valence-corrected chi connectivity index (χ4v) is 2.59. The van der Waals surface area contributed by atoms with E-state index in [0.717, 1.165) is 6.42 Å². The summed E-state index contributed by atoms with van der Waals surface area (Å²) in [5.41, 5.74) is 2.20. The van der Waals surface area contributed by atoms with Gasteiger partial charge in [0.05, 0.1) is 5.33 Å². The van der Waals surface area contributed by atoms with Gasteiger partial charge in [0.15, 0.2) is 5.78 Å². The van der Waals surface area contributed by atoms with Gasteiger partial charge in [0.2, 0.25) is 0 Å². The van der Waals surface area contributed by atoms with E-state index in [-0.39, 0.29) is 11.2 Å². The summed E-state index contributed by atoms with van der Waals surface area (Å²) in [6.45, 7) is 6.13. The molecule has 1 rings (SSSR count). The molecule has 1 aliphatic carbocycles. The number of allylic oxidation sites excluding steroid dienone is 4. The van der Waals surface area contributed by atoms with Gasteiger partial charge in [-0.3, -0.25) is 4.79 Å². The molecule has 0 radical (unpaired) electrons. The van der Waals surface area contributed by atoms with Crippen molar-refractivity contribution < 1.29 is 4.79 Å². The van der Waals surface area contributed by atoms with Gasteiger partial charge in [0, 0.05) is 5.41 Å². The second kappa shape index (κ2) is 3.79. The van der Waals surface area contributed by atoms with Gasteiger partial charge in [-0.25, -0.2) is 0 Å². The number of carbonyl (C=O) groups excluding carboxylic acids is 1. The van der Waals surface area contributed by atoms with E-state index in [9.17, 15) is 4.79 Å². The Hall–Kier alpha value is -0.370. The van der Waals surface area contributed by atoms with Gasteiger partial charge in [-0.2, -0.15) is 0 Å². The summed E-state index contributed by atoms with van der Waals surface area (Å²) in [6.07, 6.45) is 5.07. The first-order chi connectivity index (χ1) is 5.98. The Morgan fingerprint density at radius 1 is 1.62 bits per heavy atom. The van der Waals surface area contributed by atoms with Crippen LogP contribution in [0.5, 0.6) is 0 Å². The molecule has 1 aliphatic rings. The third-order valence-electron chi connectivity index (χ3n) is 2.42. The molecule has 13 heavy (non-hydrogen) atoms. The molecule has 0 bridgehead atoms. The summed E-state index contributed by atoms with van der Waals surface area (Å²) in [7, 11) is 0. The molecule has 0 aromatic rings. The summed E-state index contributed by atoms with van der Waals surface area (Å²) in [4.78, 5) is 11.7. The Kier molecular flexibility index (Phi) is 3.12.